The zero-order chi connectivity index (χ0) is 16.6. The lowest BCUT2D eigenvalue weighted by Gasteiger charge is -2.21. The van der Waals surface area contributed by atoms with Crippen LogP contribution in [-0.2, 0) is 11.2 Å². The minimum atomic E-state index is -0.466. The van der Waals surface area contributed by atoms with Crippen molar-refractivity contribution in [2.45, 2.75) is 44.8 Å². The van der Waals surface area contributed by atoms with Crippen molar-refractivity contribution in [1.29, 1.82) is 0 Å². The molecule has 4 heteroatoms. The number of hydrogen-bond acceptors (Lipinski definition) is 3. The molecule has 1 aliphatic heterocycles. The second-order valence-electron chi connectivity index (χ2n) is 6.63. The van der Waals surface area contributed by atoms with Gasteiger partial charge >= 0.3 is 0 Å². The average Bonchev–Trinajstić information content (AvgIpc) is 3.15. The predicted octanol–water partition coefficient (Wildman–Crippen LogP) is 4.22. The third-order valence-corrected chi connectivity index (χ3v) is 4.80. The summed E-state index contributed by atoms with van der Waals surface area (Å²) >= 11 is 0. The Balaban J connectivity index is 1.45. The summed E-state index contributed by atoms with van der Waals surface area (Å²) in [6.07, 6.45) is 4.49. The standard InChI is InChI=1S/C20H21NO3/c1-14-6-2-3-7-15(14)12-19(22)21-16-8-9-17-18(13-16)24-20(23-17)10-4-5-11-20/h2-3,6-9,13H,4-5,10-12H2,1H3,(H,21,22). The van der Waals surface area contributed by atoms with E-state index in [2.05, 4.69) is 5.32 Å². The normalized spacial score (nSPS) is 17.2. The van der Waals surface area contributed by atoms with Gasteiger partial charge in [-0.1, -0.05) is 24.3 Å². The number of ether oxygens (including phenoxy) is 2. The SMILES string of the molecule is Cc1ccccc1CC(=O)Nc1ccc2c(c1)OC1(CCCC1)O2. The van der Waals surface area contributed by atoms with Gasteiger partial charge in [0.2, 0.25) is 5.91 Å². The third kappa shape index (κ3) is 2.84. The van der Waals surface area contributed by atoms with E-state index in [1.54, 1.807) is 0 Å². The van der Waals surface area contributed by atoms with Crippen molar-refractivity contribution in [3.8, 4) is 11.5 Å². The van der Waals surface area contributed by atoms with Gasteiger partial charge in [0.1, 0.15) is 0 Å². The van der Waals surface area contributed by atoms with Gasteiger partial charge in [0, 0.05) is 24.6 Å². The highest BCUT2D eigenvalue weighted by Gasteiger charge is 2.44. The van der Waals surface area contributed by atoms with Crippen LogP contribution < -0.4 is 14.8 Å². The van der Waals surface area contributed by atoms with Crippen LogP contribution in [0.4, 0.5) is 5.69 Å². The lowest BCUT2D eigenvalue weighted by atomic mass is 10.1. The highest BCUT2D eigenvalue weighted by molar-refractivity contribution is 5.92. The molecule has 124 valence electrons. The first-order valence-electron chi connectivity index (χ1n) is 8.50. The smallest absolute Gasteiger partial charge is 0.251 e. The number of nitrogens with one attached hydrogen (secondary N) is 1. The largest absolute Gasteiger partial charge is 0.448 e. The molecule has 0 saturated heterocycles. The highest BCUT2D eigenvalue weighted by atomic mass is 16.7. The third-order valence-electron chi connectivity index (χ3n) is 4.80. The lowest BCUT2D eigenvalue weighted by Crippen LogP contribution is -2.34. The van der Waals surface area contributed by atoms with Crippen molar-refractivity contribution < 1.29 is 14.3 Å². The van der Waals surface area contributed by atoms with Gasteiger partial charge in [0.05, 0.1) is 6.42 Å². The molecule has 1 saturated carbocycles. The molecule has 2 aromatic carbocycles. The van der Waals surface area contributed by atoms with Crippen molar-refractivity contribution >= 4 is 11.6 Å². The van der Waals surface area contributed by atoms with Crippen LogP contribution in [0.5, 0.6) is 11.5 Å². The zero-order valence-electron chi connectivity index (χ0n) is 13.8. The summed E-state index contributed by atoms with van der Waals surface area (Å²) < 4.78 is 12.0. The van der Waals surface area contributed by atoms with E-state index in [0.29, 0.717) is 6.42 Å². The fourth-order valence-corrected chi connectivity index (χ4v) is 3.48. The van der Waals surface area contributed by atoms with Crippen LogP contribution in [0.25, 0.3) is 0 Å². The van der Waals surface area contributed by atoms with E-state index in [0.717, 1.165) is 54.0 Å². The van der Waals surface area contributed by atoms with Crippen LogP contribution in [0.1, 0.15) is 36.8 Å². The first-order valence-corrected chi connectivity index (χ1v) is 8.50. The Morgan fingerprint density at radius 1 is 1.08 bits per heavy atom. The molecule has 0 aromatic heterocycles. The van der Waals surface area contributed by atoms with Crippen LogP contribution in [0.15, 0.2) is 42.5 Å². The molecule has 0 unspecified atom stereocenters. The van der Waals surface area contributed by atoms with Crippen LogP contribution >= 0.6 is 0 Å². The molecule has 0 atom stereocenters. The van der Waals surface area contributed by atoms with Gasteiger partial charge in [-0.05, 0) is 43.0 Å². The van der Waals surface area contributed by atoms with E-state index >= 15 is 0 Å². The average molecular weight is 323 g/mol. The fraction of sp³-hybridized carbons (Fsp3) is 0.350. The fourth-order valence-electron chi connectivity index (χ4n) is 3.48. The monoisotopic (exact) mass is 323 g/mol. The first-order chi connectivity index (χ1) is 11.6. The topological polar surface area (TPSA) is 47.6 Å². The predicted molar refractivity (Wildman–Crippen MR) is 92.4 cm³/mol. The molecular weight excluding hydrogens is 302 g/mol. The molecule has 2 aliphatic rings. The molecule has 4 rings (SSSR count). The number of anilines is 1. The molecule has 0 bridgehead atoms. The number of benzene rings is 2. The maximum Gasteiger partial charge on any atom is 0.251 e. The molecule has 2 aromatic rings. The Labute approximate surface area is 141 Å². The van der Waals surface area contributed by atoms with Gasteiger partial charge < -0.3 is 14.8 Å². The summed E-state index contributed by atoms with van der Waals surface area (Å²) in [7, 11) is 0. The molecule has 1 fully saturated rings. The Bertz CT molecular complexity index is 778. The van der Waals surface area contributed by atoms with Crippen LogP contribution in [0.2, 0.25) is 0 Å². The minimum Gasteiger partial charge on any atom is -0.448 e. The van der Waals surface area contributed by atoms with Gasteiger partial charge in [0.25, 0.3) is 5.79 Å². The maximum absolute atomic E-state index is 12.3. The molecule has 24 heavy (non-hydrogen) atoms. The first kappa shape index (κ1) is 15.1. The quantitative estimate of drug-likeness (QED) is 0.920. The Morgan fingerprint density at radius 3 is 2.62 bits per heavy atom. The number of aryl methyl sites for hydroxylation is 1. The van der Waals surface area contributed by atoms with Gasteiger partial charge in [-0.15, -0.1) is 0 Å². The minimum absolute atomic E-state index is 0.0289. The molecule has 1 N–H and O–H groups in total. The second kappa shape index (κ2) is 5.86. The van der Waals surface area contributed by atoms with E-state index in [1.807, 2.05) is 49.4 Å². The molecule has 1 amide bonds. The van der Waals surface area contributed by atoms with E-state index < -0.39 is 5.79 Å². The maximum atomic E-state index is 12.3. The second-order valence-corrected chi connectivity index (χ2v) is 6.63. The highest BCUT2D eigenvalue weighted by Crippen LogP contribution is 2.47. The molecule has 1 aliphatic carbocycles. The summed E-state index contributed by atoms with van der Waals surface area (Å²) in [6, 6.07) is 13.5. The Hall–Kier alpha value is -2.49. The van der Waals surface area contributed by atoms with Gasteiger partial charge in [-0.2, -0.15) is 0 Å². The number of fused-ring (bicyclic) bond motifs is 1. The molecule has 1 heterocycles. The summed E-state index contributed by atoms with van der Waals surface area (Å²) in [5.74, 6) is 1.00. The van der Waals surface area contributed by atoms with Crippen LogP contribution in [0, 0.1) is 6.92 Å². The number of carbonyl (C=O) groups is 1. The molecular formula is C20H21NO3. The summed E-state index contributed by atoms with van der Waals surface area (Å²) in [6.45, 7) is 2.02. The molecule has 4 nitrogen and oxygen atoms in total. The van der Waals surface area contributed by atoms with Crippen molar-refractivity contribution in [3.05, 3.63) is 53.6 Å². The Morgan fingerprint density at radius 2 is 1.83 bits per heavy atom. The lowest BCUT2D eigenvalue weighted by molar-refractivity contribution is -0.115. The van der Waals surface area contributed by atoms with E-state index in [1.165, 1.54) is 0 Å². The summed E-state index contributed by atoms with van der Waals surface area (Å²) in [5.41, 5.74) is 2.91. The van der Waals surface area contributed by atoms with Crippen LogP contribution in [0.3, 0.4) is 0 Å². The Kier molecular flexibility index (Phi) is 3.68. The van der Waals surface area contributed by atoms with Gasteiger partial charge in [-0.3, -0.25) is 4.79 Å². The van der Waals surface area contributed by atoms with Gasteiger partial charge in [-0.25, -0.2) is 0 Å². The van der Waals surface area contributed by atoms with E-state index in [4.69, 9.17) is 9.47 Å². The van der Waals surface area contributed by atoms with Crippen molar-refractivity contribution in [1.82, 2.24) is 0 Å². The van der Waals surface area contributed by atoms with E-state index in [-0.39, 0.29) is 5.91 Å². The number of hydrogen-bond donors (Lipinski definition) is 1. The summed E-state index contributed by atoms with van der Waals surface area (Å²) in [4.78, 5) is 12.3. The zero-order valence-corrected chi connectivity index (χ0v) is 13.8. The van der Waals surface area contributed by atoms with Crippen molar-refractivity contribution in [2.24, 2.45) is 0 Å². The molecule has 0 radical (unpaired) electrons. The summed E-state index contributed by atoms with van der Waals surface area (Å²) in [5, 5.41) is 2.95. The van der Waals surface area contributed by atoms with Crippen LogP contribution in [-0.4, -0.2) is 11.7 Å². The van der Waals surface area contributed by atoms with E-state index in [9.17, 15) is 4.79 Å². The number of carbonyl (C=O) groups excluding carboxylic acids is 1. The molecule has 1 spiro atoms. The van der Waals surface area contributed by atoms with Gasteiger partial charge in [0.15, 0.2) is 11.5 Å². The number of rotatable bonds is 3. The van der Waals surface area contributed by atoms with Crippen molar-refractivity contribution in [3.63, 3.8) is 0 Å². The van der Waals surface area contributed by atoms with Crippen molar-refractivity contribution in [2.75, 3.05) is 5.32 Å². The number of amides is 1.